The van der Waals surface area contributed by atoms with Crippen molar-refractivity contribution in [1.82, 2.24) is 19.7 Å². The third-order valence-corrected chi connectivity index (χ3v) is 6.05. The first-order chi connectivity index (χ1) is 16.5. The highest BCUT2D eigenvalue weighted by molar-refractivity contribution is 6.10. The number of fused-ring (bicyclic) bond motifs is 4. The van der Waals surface area contributed by atoms with E-state index in [1.54, 1.807) is 17.9 Å². The predicted molar refractivity (Wildman–Crippen MR) is 118 cm³/mol. The Kier molecular flexibility index (Phi) is 5.28. The van der Waals surface area contributed by atoms with Crippen LogP contribution >= 0.6 is 0 Å². The molecule has 2 aromatic carbocycles. The van der Waals surface area contributed by atoms with E-state index in [0.29, 0.717) is 27.4 Å². The molecule has 0 saturated heterocycles. The fraction of sp³-hybridized carbons (Fsp3) is 0.261. The van der Waals surface area contributed by atoms with Crippen molar-refractivity contribution in [2.24, 2.45) is 7.05 Å². The van der Waals surface area contributed by atoms with Crippen LogP contribution in [-0.4, -0.2) is 45.6 Å². The molecule has 2 N–H and O–H groups in total. The molecule has 1 aliphatic rings. The van der Waals surface area contributed by atoms with Crippen LogP contribution in [0.4, 0.5) is 23.4 Å². The summed E-state index contributed by atoms with van der Waals surface area (Å²) in [6, 6.07) is 5.75. The third-order valence-electron chi connectivity index (χ3n) is 6.05. The Labute approximate surface area is 195 Å². The zero-order valence-electron chi connectivity index (χ0n) is 18.6. The topological polar surface area (TPSA) is 95.5 Å². The summed E-state index contributed by atoms with van der Waals surface area (Å²) >= 11 is 0. The molecule has 2 aromatic heterocycles. The van der Waals surface area contributed by atoms with Gasteiger partial charge in [0.25, 0.3) is 5.91 Å². The molecule has 0 unspecified atom stereocenters. The summed E-state index contributed by atoms with van der Waals surface area (Å²) in [7, 11) is 3.18. The van der Waals surface area contributed by atoms with E-state index in [9.17, 15) is 18.0 Å². The van der Waals surface area contributed by atoms with Crippen LogP contribution in [-0.2, 0) is 18.4 Å². The average Bonchev–Trinajstić information content (AvgIpc) is 3.18. The van der Waals surface area contributed by atoms with Crippen molar-refractivity contribution in [1.29, 1.82) is 0 Å². The van der Waals surface area contributed by atoms with E-state index < -0.39 is 24.1 Å². The number of hydrogen-bond donors (Lipinski definition) is 1. The molecule has 8 nitrogen and oxygen atoms in total. The number of anilines is 1. The van der Waals surface area contributed by atoms with E-state index in [4.69, 9.17) is 10.5 Å². The van der Waals surface area contributed by atoms with Crippen molar-refractivity contribution in [3.8, 4) is 5.75 Å². The predicted octanol–water partition coefficient (Wildman–Crippen LogP) is 4.08. The highest BCUT2D eigenvalue weighted by atomic mass is 19.4. The van der Waals surface area contributed by atoms with Gasteiger partial charge in [-0.2, -0.15) is 5.10 Å². The van der Waals surface area contributed by atoms with Gasteiger partial charge >= 0.3 is 6.36 Å². The second-order valence-electron chi connectivity index (χ2n) is 8.23. The van der Waals surface area contributed by atoms with E-state index in [1.165, 1.54) is 36.2 Å². The summed E-state index contributed by atoms with van der Waals surface area (Å²) in [4.78, 5) is 18.9. The first kappa shape index (κ1) is 22.8. The van der Waals surface area contributed by atoms with Gasteiger partial charge in [0.2, 0.25) is 0 Å². The smallest absolute Gasteiger partial charge is 0.406 e. The number of alkyl halides is 3. The summed E-state index contributed by atoms with van der Waals surface area (Å²) in [5.74, 6) is -1.61. The van der Waals surface area contributed by atoms with Gasteiger partial charge in [-0.05, 0) is 29.3 Å². The monoisotopic (exact) mass is 489 g/mol. The Morgan fingerprint density at radius 1 is 1.26 bits per heavy atom. The Hall–Kier alpha value is -3.93. The Balaban J connectivity index is 1.52. The summed E-state index contributed by atoms with van der Waals surface area (Å²) in [5.41, 5.74) is 7.69. The number of carbonyl (C=O) groups is 1. The molecule has 0 fully saturated rings. The van der Waals surface area contributed by atoms with Crippen molar-refractivity contribution in [3.63, 3.8) is 0 Å². The van der Waals surface area contributed by atoms with Crippen LogP contribution in [0.1, 0.15) is 27.5 Å². The fourth-order valence-corrected chi connectivity index (χ4v) is 4.39. The van der Waals surface area contributed by atoms with Crippen LogP contribution in [0.25, 0.3) is 21.8 Å². The molecular formula is C23H19F4N5O3. The third kappa shape index (κ3) is 3.99. The Morgan fingerprint density at radius 3 is 2.77 bits per heavy atom. The number of aromatic nitrogens is 3. The number of likely N-dealkylation sites (N-methyl/N-ethyl adjacent to an activating group) is 1. The zero-order valence-corrected chi connectivity index (χ0v) is 18.6. The van der Waals surface area contributed by atoms with Gasteiger partial charge in [0.15, 0.2) is 0 Å². The molecule has 5 rings (SSSR count). The van der Waals surface area contributed by atoms with Crippen LogP contribution in [0.15, 0.2) is 36.5 Å². The van der Waals surface area contributed by atoms with Gasteiger partial charge in [-0.3, -0.25) is 9.48 Å². The van der Waals surface area contributed by atoms with E-state index in [0.717, 1.165) is 6.07 Å². The molecule has 0 spiro atoms. The summed E-state index contributed by atoms with van der Waals surface area (Å²) < 4.78 is 63.9. The summed E-state index contributed by atoms with van der Waals surface area (Å²) in [6.45, 7) is 0.146. The van der Waals surface area contributed by atoms with Crippen LogP contribution in [0.2, 0.25) is 0 Å². The van der Waals surface area contributed by atoms with E-state index >= 15 is 4.39 Å². The SMILES string of the molecule is CN(C(=O)c1cc2c(cc1F)nc(N)c1cnn(C)c12)[C@H]1COCc2cc(OC(F)(F)F)ccc21. The Morgan fingerprint density at radius 2 is 2.03 bits per heavy atom. The summed E-state index contributed by atoms with van der Waals surface area (Å²) in [5, 5.41) is 5.25. The molecule has 4 aromatic rings. The number of carbonyl (C=O) groups excluding carboxylic acids is 1. The van der Waals surface area contributed by atoms with E-state index in [1.807, 2.05) is 0 Å². The van der Waals surface area contributed by atoms with Gasteiger partial charge in [-0.25, -0.2) is 9.37 Å². The molecule has 12 heteroatoms. The fourth-order valence-electron chi connectivity index (χ4n) is 4.39. The quantitative estimate of drug-likeness (QED) is 0.436. The maximum absolute atomic E-state index is 15.1. The van der Waals surface area contributed by atoms with Crippen LogP contribution in [0, 0.1) is 5.82 Å². The van der Waals surface area contributed by atoms with Crippen molar-refractivity contribution < 1.29 is 31.8 Å². The lowest BCUT2D eigenvalue weighted by molar-refractivity contribution is -0.274. The highest BCUT2D eigenvalue weighted by Gasteiger charge is 2.33. The molecule has 35 heavy (non-hydrogen) atoms. The number of rotatable bonds is 3. The largest absolute Gasteiger partial charge is 0.573 e. The van der Waals surface area contributed by atoms with Gasteiger partial charge in [0, 0.05) is 25.5 Å². The lowest BCUT2D eigenvalue weighted by atomic mass is 9.97. The number of ether oxygens (including phenoxy) is 2. The van der Waals surface area contributed by atoms with Crippen molar-refractivity contribution in [2.75, 3.05) is 19.4 Å². The molecule has 182 valence electrons. The average molecular weight is 489 g/mol. The number of nitrogens with zero attached hydrogens (tertiary/aromatic N) is 4. The Bertz CT molecular complexity index is 1480. The van der Waals surface area contributed by atoms with E-state index in [2.05, 4.69) is 14.8 Å². The summed E-state index contributed by atoms with van der Waals surface area (Å²) in [6.07, 6.45) is -3.29. The molecule has 0 aliphatic carbocycles. The van der Waals surface area contributed by atoms with Crippen molar-refractivity contribution >= 4 is 33.5 Å². The molecule has 1 aliphatic heterocycles. The normalized spacial score (nSPS) is 15.9. The minimum absolute atomic E-state index is 0.0544. The molecule has 0 bridgehead atoms. The van der Waals surface area contributed by atoms with Crippen molar-refractivity contribution in [3.05, 3.63) is 59.0 Å². The molecular weight excluding hydrogens is 470 g/mol. The number of nitrogen functional groups attached to an aromatic ring is 1. The molecule has 1 amide bonds. The van der Waals surface area contributed by atoms with Crippen LogP contribution in [0.3, 0.4) is 0 Å². The molecule has 1 atom stereocenters. The van der Waals surface area contributed by atoms with Gasteiger partial charge in [-0.15, -0.1) is 13.2 Å². The van der Waals surface area contributed by atoms with Gasteiger partial charge in [0.1, 0.15) is 17.4 Å². The number of halogens is 4. The first-order valence-corrected chi connectivity index (χ1v) is 10.5. The van der Waals surface area contributed by atoms with Crippen LogP contribution in [0.5, 0.6) is 5.75 Å². The lowest BCUT2D eigenvalue weighted by Crippen LogP contribution is -2.36. The van der Waals surface area contributed by atoms with Gasteiger partial charge in [-0.1, -0.05) is 6.07 Å². The van der Waals surface area contributed by atoms with Crippen LogP contribution < -0.4 is 10.5 Å². The lowest BCUT2D eigenvalue weighted by Gasteiger charge is -2.33. The van der Waals surface area contributed by atoms with Gasteiger partial charge < -0.3 is 20.1 Å². The number of aryl methyl sites for hydroxylation is 1. The van der Waals surface area contributed by atoms with E-state index in [-0.39, 0.29) is 35.9 Å². The maximum atomic E-state index is 15.1. The second-order valence-corrected chi connectivity index (χ2v) is 8.23. The maximum Gasteiger partial charge on any atom is 0.573 e. The number of nitrogens with two attached hydrogens (primary N) is 1. The number of amides is 1. The minimum atomic E-state index is -4.83. The van der Waals surface area contributed by atoms with Crippen molar-refractivity contribution in [2.45, 2.75) is 19.0 Å². The highest BCUT2D eigenvalue weighted by Crippen LogP contribution is 2.35. The standard InChI is InChI=1S/C23H19F4N5O3/c1-31(19-10-34-9-11-5-12(3-4-13(11)19)35-23(25,26)27)22(33)14-6-15-18(7-17(14)24)30-21(28)16-8-29-32(2)20(15)16/h3-8,19H,9-10H2,1-2H3,(H2,28,30)/t19-/m0/s1. The number of pyridine rings is 1. The minimum Gasteiger partial charge on any atom is -0.406 e. The first-order valence-electron chi connectivity index (χ1n) is 10.5. The molecule has 3 heterocycles. The van der Waals surface area contributed by atoms with Gasteiger partial charge in [0.05, 0.1) is 47.4 Å². The number of hydrogen-bond acceptors (Lipinski definition) is 6. The second kappa shape index (κ2) is 8.08. The zero-order chi connectivity index (χ0) is 25.1. The number of benzene rings is 2. The molecule has 0 saturated carbocycles. The molecule has 0 radical (unpaired) electrons.